The number of carbonyl (C=O) groups is 1. The maximum absolute atomic E-state index is 12.6. The monoisotopic (exact) mass is 330 g/mol. The molecule has 0 unspecified atom stereocenters. The van der Waals surface area contributed by atoms with E-state index < -0.39 is 18.5 Å². The molecule has 0 saturated heterocycles. The Kier molecular flexibility index (Phi) is 5.46. The van der Waals surface area contributed by atoms with E-state index in [0.717, 1.165) is 43.4 Å². The Morgan fingerprint density at radius 2 is 2.05 bits per heavy atom. The number of rotatable bonds is 4. The Labute approximate surface area is 131 Å². The van der Waals surface area contributed by atoms with Crippen LogP contribution in [0, 0.1) is 11.3 Å². The maximum Gasteiger partial charge on any atom is 0.390 e. The van der Waals surface area contributed by atoms with E-state index in [4.69, 9.17) is 5.26 Å². The number of amides is 1. The molecule has 1 amide bonds. The highest BCUT2D eigenvalue weighted by Crippen LogP contribution is 2.28. The van der Waals surface area contributed by atoms with Gasteiger partial charge in [0.25, 0.3) is 5.91 Å². The summed E-state index contributed by atoms with van der Waals surface area (Å²) in [5.74, 6) is -0.442. The molecule has 1 aliphatic rings. The van der Waals surface area contributed by atoms with E-state index in [2.05, 4.69) is 0 Å². The van der Waals surface area contributed by atoms with Gasteiger partial charge in [0.2, 0.25) is 0 Å². The lowest BCUT2D eigenvalue weighted by Crippen LogP contribution is -2.43. The SMILES string of the molecule is N#Cc1ccsc1C(=O)N(CCC(F)(F)F)C1CCCCC1. The van der Waals surface area contributed by atoms with Crippen LogP contribution in [0.5, 0.6) is 0 Å². The molecule has 1 heterocycles. The fourth-order valence-electron chi connectivity index (χ4n) is 2.78. The molecule has 120 valence electrons. The Hall–Kier alpha value is -1.55. The highest BCUT2D eigenvalue weighted by Gasteiger charge is 2.33. The molecule has 22 heavy (non-hydrogen) atoms. The third-order valence-corrected chi connectivity index (χ3v) is 4.79. The summed E-state index contributed by atoms with van der Waals surface area (Å²) in [6, 6.07) is 3.30. The van der Waals surface area contributed by atoms with Crippen LogP contribution < -0.4 is 0 Å². The fraction of sp³-hybridized carbons (Fsp3) is 0.600. The predicted molar refractivity (Wildman–Crippen MR) is 77.6 cm³/mol. The van der Waals surface area contributed by atoms with E-state index in [0.29, 0.717) is 0 Å². The highest BCUT2D eigenvalue weighted by atomic mass is 32.1. The van der Waals surface area contributed by atoms with Crippen LogP contribution >= 0.6 is 11.3 Å². The van der Waals surface area contributed by atoms with Crippen LogP contribution in [0.1, 0.15) is 53.8 Å². The summed E-state index contributed by atoms with van der Waals surface area (Å²) in [6.07, 6.45) is -0.927. The smallest absolute Gasteiger partial charge is 0.335 e. The van der Waals surface area contributed by atoms with Crippen molar-refractivity contribution in [1.29, 1.82) is 5.26 Å². The van der Waals surface area contributed by atoms with Gasteiger partial charge in [-0.25, -0.2) is 0 Å². The molecule has 7 heteroatoms. The summed E-state index contributed by atoms with van der Waals surface area (Å²) in [6.45, 7) is -0.338. The second-order valence-electron chi connectivity index (χ2n) is 5.43. The van der Waals surface area contributed by atoms with Crippen LogP contribution in [-0.4, -0.2) is 29.6 Å². The Morgan fingerprint density at radius 1 is 1.36 bits per heavy atom. The zero-order chi connectivity index (χ0) is 16.2. The topological polar surface area (TPSA) is 44.1 Å². The minimum atomic E-state index is -4.29. The van der Waals surface area contributed by atoms with Crippen molar-refractivity contribution in [1.82, 2.24) is 4.90 Å². The number of nitriles is 1. The van der Waals surface area contributed by atoms with Crippen molar-refractivity contribution in [3.63, 3.8) is 0 Å². The Bertz CT molecular complexity index is 556. The molecule has 2 rings (SSSR count). The number of nitrogens with zero attached hydrogens (tertiary/aromatic N) is 2. The summed E-state index contributed by atoms with van der Waals surface area (Å²) >= 11 is 1.11. The van der Waals surface area contributed by atoms with Gasteiger partial charge in [0.1, 0.15) is 10.9 Å². The third kappa shape index (κ3) is 4.23. The van der Waals surface area contributed by atoms with Crippen LogP contribution in [0.15, 0.2) is 11.4 Å². The Morgan fingerprint density at radius 3 is 2.64 bits per heavy atom. The number of alkyl halides is 3. The summed E-state index contributed by atoms with van der Waals surface area (Å²) in [7, 11) is 0. The first kappa shape index (κ1) is 16.8. The van der Waals surface area contributed by atoms with E-state index in [1.54, 1.807) is 5.38 Å². The molecule has 0 aliphatic heterocycles. The lowest BCUT2D eigenvalue weighted by atomic mass is 9.93. The predicted octanol–water partition coefficient (Wildman–Crippen LogP) is 4.35. The number of hydrogen-bond acceptors (Lipinski definition) is 3. The van der Waals surface area contributed by atoms with E-state index >= 15 is 0 Å². The molecule has 0 bridgehead atoms. The van der Waals surface area contributed by atoms with E-state index in [1.807, 2.05) is 6.07 Å². The Balaban J connectivity index is 2.19. The average molecular weight is 330 g/mol. The molecule has 1 saturated carbocycles. The fourth-order valence-corrected chi connectivity index (χ4v) is 3.58. The molecule has 1 aromatic heterocycles. The van der Waals surface area contributed by atoms with Gasteiger partial charge in [-0.2, -0.15) is 18.4 Å². The first-order valence-electron chi connectivity index (χ1n) is 7.27. The van der Waals surface area contributed by atoms with Crippen LogP contribution in [0.2, 0.25) is 0 Å². The van der Waals surface area contributed by atoms with Gasteiger partial charge in [0, 0.05) is 12.6 Å². The van der Waals surface area contributed by atoms with Crippen molar-refractivity contribution < 1.29 is 18.0 Å². The van der Waals surface area contributed by atoms with E-state index in [9.17, 15) is 18.0 Å². The minimum absolute atomic E-state index is 0.155. The number of halogens is 3. The van der Waals surface area contributed by atoms with Crippen LogP contribution in [0.25, 0.3) is 0 Å². The lowest BCUT2D eigenvalue weighted by Gasteiger charge is -2.34. The second kappa shape index (κ2) is 7.14. The van der Waals surface area contributed by atoms with Crippen molar-refractivity contribution in [2.24, 2.45) is 0 Å². The summed E-state index contributed by atoms with van der Waals surface area (Å²) in [4.78, 5) is 14.2. The van der Waals surface area contributed by atoms with Crippen LogP contribution in [0.3, 0.4) is 0 Å². The van der Waals surface area contributed by atoms with Gasteiger partial charge in [-0.15, -0.1) is 11.3 Å². The second-order valence-corrected chi connectivity index (χ2v) is 6.35. The maximum atomic E-state index is 12.6. The first-order valence-corrected chi connectivity index (χ1v) is 8.15. The minimum Gasteiger partial charge on any atom is -0.335 e. The van der Waals surface area contributed by atoms with Crippen molar-refractivity contribution in [3.8, 4) is 6.07 Å². The summed E-state index contributed by atoms with van der Waals surface area (Å²) in [5, 5.41) is 10.6. The lowest BCUT2D eigenvalue weighted by molar-refractivity contribution is -0.137. The molecule has 1 aromatic rings. The van der Waals surface area contributed by atoms with Gasteiger partial charge in [0.05, 0.1) is 12.0 Å². The molecule has 0 radical (unpaired) electrons. The van der Waals surface area contributed by atoms with Crippen LogP contribution in [-0.2, 0) is 0 Å². The highest BCUT2D eigenvalue weighted by molar-refractivity contribution is 7.12. The van der Waals surface area contributed by atoms with Crippen molar-refractivity contribution >= 4 is 17.2 Å². The van der Waals surface area contributed by atoms with Gasteiger partial charge in [-0.05, 0) is 24.3 Å². The molecule has 1 aliphatic carbocycles. The van der Waals surface area contributed by atoms with Crippen molar-refractivity contribution in [2.45, 2.75) is 50.7 Å². The quantitative estimate of drug-likeness (QED) is 0.824. The van der Waals surface area contributed by atoms with Gasteiger partial charge in [0.15, 0.2) is 0 Å². The van der Waals surface area contributed by atoms with Gasteiger partial charge in [-0.1, -0.05) is 19.3 Å². The molecule has 0 N–H and O–H groups in total. The largest absolute Gasteiger partial charge is 0.390 e. The van der Waals surface area contributed by atoms with Crippen molar-refractivity contribution in [3.05, 3.63) is 21.9 Å². The van der Waals surface area contributed by atoms with Gasteiger partial charge < -0.3 is 4.90 Å². The molecule has 0 aromatic carbocycles. The summed E-state index contributed by atoms with van der Waals surface area (Å²) in [5.41, 5.74) is 0.239. The standard InChI is InChI=1S/C15H17F3N2OS/c16-15(17,18)7-8-20(12-4-2-1-3-5-12)14(21)13-11(10-19)6-9-22-13/h6,9,12H,1-5,7-8H2. The third-order valence-electron chi connectivity index (χ3n) is 3.89. The molecule has 1 fully saturated rings. The average Bonchev–Trinajstić information content (AvgIpc) is 2.95. The molecule has 3 nitrogen and oxygen atoms in total. The number of hydrogen-bond donors (Lipinski definition) is 0. The molecular weight excluding hydrogens is 313 g/mol. The molecular formula is C15H17F3N2OS. The molecule has 0 atom stereocenters. The van der Waals surface area contributed by atoms with Gasteiger partial charge >= 0.3 is 6.18 Å². The van der Waals surface area contributed by atoms with E-state index in [-0.39, 0.29) is 23.0 Å². The number of carbonyl (C=O) groups excluding carboxylic acids is 1. The van der Waals surface area contributed by atoms with Crippen molar-refractivity contribution in [2.75, 3.05) is 6.54 Å². The van der Waals surface area contributed by atoms with E-state index in [1.165, 1.54) is 11.0 Å². The zero-order valence-corrected chi connectivity index (χ0v) is 12.8. The number of thiophene rings is 1. The van der Waals surface area contributed by atoms with Crippen LogP contribution in [0.4, 0.5) is 13.2 Å². The molecule has 0 spiro atoms. The zero-order valence-electron chi connectivity index (χ0n) is 12.0. The van der Waals surface area contributed by atoms with Gasteiger partial charge in [-0.3, -0.25) is 4.79 Å². The summed E-state index contributed by atoms with van der Waals surface area (Å²) < 4.78 is 37.6. The first-order chi connectivity index (χ1) is 10.4. The normalized spacial score (nSPS) is 16.3.